The van der Waals surface area contributed by atoms with E-state index in [-0.39, 0.29) is 24.0 Å². The minimum absolute atomic E-state index is 0. The Morgan fingerprint density at radius 2 is 2.14 bits per heavy atom. The second-order valence-electron chi connectivity index (χ2n) is 5.17. The van der Waals surface area contributed by atoms with Gasteiger partial charge in [-0.3, -0.25) is 9.67 Å². The van der Waals surface area contributed by atoms with E-state index >= 15 is 0 Å². The topological polar surface area (TPSA) is 63.5 Å². The second-order valence-corrected chi connectivity index (χ2v) is 5.17. The fourth-order valence-corrected chi connectivity index (χ4v) is 1.63. The highest BCUT2D eigenvalue weighted by atomic mass is 127. The van der Waals surface area contributed by atoms with Gasteiger partial charge in [-0.25, -0.2) is 0 Å². The zero-order valence-corrected chi connectivity index (χ0v) is 15.8. The molecule has 0 amide bonds. The van der Waals surface area contributed by atoms with Gasteiger partial charge in [-0.05, 0) is 12.3 Å². The van der Waals surface area contributed by atoms with E-state index in [1.165, 1.54) is 0 Å². The molecule has 0 aliphatic carbocycles. The first-order chi connectivity index (χ1) is 9.61. The number of nitrogens with zero attached hydrogens (tertiary/aromatic N) is 3. The predicted molar refractivity (Wildman–Crippen MR) is 97.1 cm³/mol. The SMILES string of the molecule is CN=C(NCCOCCC(C)C)NCc1cnn(C)c1.I. The molecule has 0 aliphatic rings. The van der Waals surface area contributed by atoms with Gasteiger partial charge in [0.05, 0.1) is 12.8 Å². The van der Waals surface area contributed by atoms with Crippen LogP contribution >= 0.6 is 24.0 Å². The van der Waals surface area contributed by atoms with Crippen LogP contribution < -0.4 is 10.6 Å². The number of aromatic nitrogens is 2. The molecule has 1 heterocycles. The summed E-state index contributed by atoms with van der Waals surface area (Å²) in [5.41, 5.74) is 1.13. The van der Waals surface area contributed by atoms with Gasteiger partial charge in [0, 0.05) is 45.6 Å². The molecule has 2 N–H and O–H groups in total. The molecule has 7 heteroatoms. The minimum atomic E-state index is 0. The van der Waals surface area contributed by atoms with Crippen LogP contribution in [0, 0.1) is 5.92 Å². The van der Waals surface area contributed by atoms with E-state index in [1.54, 1.807) is 11.7 Å². The average molecular weight is 409 g/mol. The largest absolute Gasteiger partial charge is 0.380 e. The van der Waals surface area contributed by atoms with Crippen LogP contribution in [0.5, 0.6) is 0 Å². The molecule has 1 rings (SSSR count). The predicted octanol–water partition coefficient (Wildman–Crippen LogP) is 1.77. The lowest BCUT2D eigenvalue weighted by Crippen LogP contribution is -2.38. The minimum Gasteiger partial charge on any atom is -0.380 e. The van der Waals surface area contributed by atoms with Gasteiger partial charge in [0.1, 0.15) is 0 Å². The number of aryl methyl sites for hydroxylation is 1. The molecule has 0 unspecified atom stereocenters. The van der Waals surface area contributed by atoms with Crippen LogP contribution in [-0.4, -0.2) is 42.5 Å². The zero-order chi connectivity index (χ0) is 14.8. The second kappa shape index (κ2) is 11.8. The van der Waals surface area contributed by atoms with E-state index < -0.39 is 0 Å². The molecular formula is C14H28IN5O. The number of aliphatic imine (C=N–C) groups is 1. The Kier molecular flexibility index (Phi) is 11.3. The summed E-state index contributed by atoms with van der Waals surface area (Å²) in [6, 6.07) is 0. The molecule has 0 bridgehead atoms. The fraction of sp³-hybridized carbons (Fsp3) is 0.714. The van der Waals surface area contributed by atoms with Crippen LogP contribution in [0.25, 0.3) is 0 Å². The van der Waals surface area contributed by atoms with Crippen LogP contribution in [0.3, 0.4) is 0 Å². The number of nitrogens with one attached hydrogen (secondary N) is 2. The summed E-state index contributed by atoms with van der Waals surface area (Å²) in [5.74, 6) is 1.47. The number of rotatable bonds is 8. The van der Waals surface area contributed by atoms with Crippen molar-refractivity contribution in [2.45, 2.75) is 26.8 Å². The normalized spacial score (nSPS) is 11.4. The van der Waals surface area contributed by atoms with Gasteiger partial charge in [0.2, 0.25) is 0 Å². The van der Waals surface area contributed by atoms with Crippen LogP contribution in [0.4, 0.5) is 0 Å². The molecule has 6 nitrogen and oxygen atoms in total. The molecule has 0 spiro atoms. The summed E-state index contributed by atoms with van der Waals surface area (Å²) in [5, 5.41) is 10.6. The molecule has 0 fully saturated rings. The van der Waals surface area contributed by atoms with Crippen molar-refractivity contribution in [3.8, 4) is 0 Å². The zero-order valence-electron chi connectivity index (χ0n) is 13.4. The first-order valence-corrected chi connectivity index (χ1v) is 7.11. The molecule has 1 aromatic rings. The highest BCUT2D eigenvalue weighted by Crippen LogP contribution is 1.98. The Bertz CT molecular complexity index is 406. The van der Waals surface area contributed by atoms with Gasteiger partial charge < -0.3 is 15.4 Å². The number of halogens is 1. The van der Waals surface area contributed by atoms with Crippen molar-refractivity contribution in [3.63, 3.8) is 0 Å². The summed E-state index contributed by atoms with van der Waals surface area (Å²) < 4.78 is 7.33. The molecule has 0 aliphatic heterocycles. The van der Waals surface area contributed by atoms with E-state index in [0.717, 1.165) is 31.1 Å². The summed E-state index contributed by atoms with van der Waals surface area (Å²) >= 11 is 0. The van der Waals surface area contributed by atoms with E-state index in [2.05, 4.69) is 34.6 Å². The lowest BCUT2D eigenvalue weighted by molar-refractivity contribution is 0.128. The van der Waals surface area contributed by atoms with Crippen LogP contribution in [0.1, 0.15) is 25.8 Å². The molecule has 21 heavy (non-hydrogen) atoms. The lowest BCUT2D eigenvalue weighted by Gasteiger charge is -2.11. The Morgan fingerprint density at radius 3 is 2.71 bits per heavy atom. The van der Waals surface area contributed by atoms with E-state index in [9.17, 15) is 0 Å². The van der Waals surface area contributed by atoms with Crippen molar-refractivity contribution < 1.29 is 4.74 Å². The van der Waals surface area contributed by atoms with Gasteiger partial charge in [-0.1, -0.05) is 13.8 Å². The van der Waals surface area contributed by atoms with Crippen LogP contribution in [0.2, 0.25) is 0 Å². The molecule has 0 aromatic carbocycles. The number of guanidine groups is 1. The van der Waals surface area contributed by atoms with Gasteiger partial charge >= 0.3 is 0 Å². The monoisotopic (exact) mass is 409 g/mol. The maximum Gasteiger partial charge on any atom is 0.191 e. The third-order valence-corrected chi connectivity index (χ3v) is 2.82. The van der Waals surface area contributed by atoms with Crippen molar-refractivity contribution in [2.75, 3.05) is 26.8 Å². The van der Waals surface area contributed by atoms with Crippen molar-refractivity contribution in [1.82, 2.24) is 20.4 Å². The summed E-state index contributed by atoms with van der Waals surface area (Å²) in [7, 11) is 3.67. The maximum absolute atomic E-state index is 5.55. The molecule has 0 saturated heterocycles. The Hall–Kier alpha value is -0.830. The fourth-order valence-electron chi connectivity index (χ4n) is 1.63. The summed E-state index contributed by atoms with van der Waals surface area (Å²) in [4.78, 5) is 4.17. The summed E-state index contributed by atoms with van der Waals surface area (Å²) in [6.07, 6.45) is 4.93. The van der Waals surface area contributed by atoms with Gasteiger partial charge in [0.15, 0.2) is 5.96 Å². The first kappa shape index (κ1) is 20.2. The van der Waals surface area contributed by atoms with Crippen LogP contribution in [0.15, 0.2) is 17.4 Å². The summed E-state index contributed by atoms with van der Waals surface area (Å²) in [6.45, 7) is 7.38. The van der Waals surface area contributed by atoms with Crippen molar-refractivity contribution >= 4 is 29.9 Å². The Balaban J connectivity index is 0.00000400. The highest BCUT2D eigenvalue weighted by molar-refractivity contribution is 14.0. The Morgan fingerprint density at radius 1 is 1.38 bits per heavy atom. The van der Waals surface area contributed by atoms with E-state index in [0.29, 0.717) is 19.1 Å². The van der Waals surface area contributed by atoms with Crippen molar-refractivity contribution in [3.05, 3.63) is 18.0 Å². The van der Waals surface area contributed by atoms with Gasteiger partial charge in [0.25, 0.3) is 0 Å². The smallest absolute Gasteiger partial charge is 0.191 e. The molecule has 0 saturated carbocycles. The molecule has 0 radical (unpaired) electrons. The standard InChI is InChI=1S/C14H27N5O.HI/c1-12(2)5-7-20-8-6-16-14(15-3)17-9-13-10-18-19(4)11-13;/h10-12H,5-9H2,1-4H3,(H2,15,16,17);1H. The first-order valence-electron chi connectivity index (χ1n) is 7.11. The Labute approximate surface area is 144 Å². The van der Waals surface area contributed by atoms with E-state index in [1.807, 2.05) is 19.4 Å². The highest BCUT2D eigenvalue weighted by Gasteiger charge is 2.00. The molecular weight excluding hydrogens is 381 g/mol. The van der Waals surface area contributed by atoms with Crippen molar-refractivity contribution in [1.29, 1.82) is 0 Å². The van der Waals surface area contributed by atoms with Crippen molar-refractivity contribution in [2.24, 2.45) is 18.0 Å². The van der Waals surface area contributed by atoms with Crippen LogP contribution in [-0.2, 0) is 18.3 Å². The molecule has 1 aromatic heterocycles. The average Bonchev–Trinajstić information content (AvgIpc) is 2.82. The third-order valence-electron chi connectivity index (χ3n) is 2.82. The van der Waals surface area contributed by atoms with Gasteiger partial charge in [-0.15, -0.1) is 24.0 Å². The molecule has 122 valence electrons. The molecule has 0 atom stereocenters. The lowest BCUT2D eigenvalue weighted by atomic mass is 10.1. The number of ether oxygens (including phenoxy) is 1. The quantitative estimate of drug-likeness (QED) is 0.297. The number of hydrogen-bond acceptors (Lipinski definition) is 3. The van der Waals surface area contributed by atoms with E-state index in [4.69, 9.17) is 4.74 Å². The third kappa shape index (κ3) is 9.67. The number of hydrogen-bond donors (Lipinski definition) is 2. The van der Waals surface area contributed by atoms with Gasteiger partial charge in [-0.2, -0.15) is 5.10 Å². The maximum atomic E-state index is 5.55.